The second-order valence-electron chi connectivity index (χ2n) is 9.44. The van der Waals surface area contributed by atoms with Gasteiger partial charge in [0.25, 0.3) is 0 Å². The second-order valence-corrected chi connectivity index (χ2v) is 10.4. The molecule has 0 saturated carbocycles. The Bertz CT molecular complexity index is 1420. The van der Waals surface area contributed by atoms with E-state index in [-0.39, 0.29) is 12.7 Å². The fourth-order valence-corrected chi connectivity index (χ4v) is 5.43. The summed E-state index contributed by atoms with van der Waals surface area (Å²) < 4.78 is 12.0. The van der Waals surface area contributed by atoms with E-state index >= 15 is 0 Å². The minimum Gasteiger partial charge on any atom is -0.454 e. The lowest BCUT2D eigenvalue weighted by Gasteiger charge is -2.36. The third-order valence-corrected chi connectivity index (χ3v) is 7.67. The zero-order chi connectivity index (χ0) is 24.6. The lowest BCUT2D eigenvalue weighted by Crippen LogP contribution is -2.48. The lowest BCUT2D eigenvalue weighted by molar-refractivity contribution is -0.131. The van der Waals surface area contributed by atoms with Crippen molar-refractivity contribution in [3.8, 4) is 22.8 Å². The standard InChI is InChI=1S/C29H28BrN3O3/c1-19-2-9-25-24(16-19)23(29(31-25)20-3-5-21(30)6-4-20)8-11-28(34)33-14-12-32(13-15-33)22-7-10-26-27(17-22)36-18-35-26/h2-7,9-10,16-17,31H,8,11-15,18H2,1H3. The molecule has 0 aliphatic carbocycles. The molecule has 1 saturated heterocycles. The third-order valence-electron chi connectivity index (χ3n) is 7.14. The highest BCUT2D eigenvalue weighted by Crippen LogP contribution is 2.36. The van der Waals surface area contributed by atoms with E-state index in [2.05, 4.69) is 81.3 Å². The maximum atomic E-state index is 13.2. The van der Waals surface area contributed by atoms with Crippen molar-refractivity contribution in [2.24, 2.45) is 0 Å². The minimum atomic E-state index is 0.212. The van der Waals surface area contributed by atoms with E-state index in [0.29, 0.717) is 12.8 Å². The van der Waals surface area contributed by atoms with Crippen LogP contribution in [0, 0.1) is 6.92 Å². The summed E-state index contributed by atoms with van der Waals surface area (Å²) in [7, 11) is 0. The van der Waals surface area contributed by atoms with Crippen molar-refractivity contribution in [3.63, 3.8) is 0 Å². The Labute approximate surface area is 218 Å². The first-order valence-corrected chi connectivity index (χ1v) is 13.1. The van der Waals surface area contributed by atoms with Crippen LogP contribution in [0.1, 0.15) is 17.5 Å². The van der Waals surface area contributed by atoms with Crippen LogP contribution < -0.4 is 14.4 Å². The van der Waals surface area contributed by atoms with Crippen molar-refractivity contribution in [2.45, 2.75) is 19.8 Å². The normalized spacial score (nSPS) is 15.1. The van der Waals surface area contributed by atoms with Gasteiger partial charge in [-0.3, -0.25) is 4.79 Å². The molecule has 6 nitrogen and oxygen atoms in total. The van der Waals surface area contributed by atoms with Crippen LogP contribution in [0.2, 0.25) is 0 Å². The molecule has 2 aliphatic rings. The van der Waals surface area contributed by atoms with Crippen LogP contribution in [0.3, 0.4) is 0 Å². The molecular weight excluding hydrogens is 518 g/mol. The number of carbonyl (C=O) groups excluding carboxylic acids is 1. The molecule has 4 aromatic rings. The van der Waals surface area contributed by atoms with Gasteiger partial charge in [0.1, 0.15) is 0 Å². The topological polar surface area (TPSA) is 57.8 Å². The van der Waals surface area contributed by atoms with Crippen LogP contribution in [0.4, 0.5) is 5.69 Å². The fraction of sp³-hybridized carbons (Fsp3) is 0.276. The number of aryl methyl sites for hydroxylation is 2. The molecule has 3 aromatic carbocycles. The number of fused-ring (bicyclic) bond motifs is 2. The van der Waals surface area contributed by atoms with Crippen molar-refractivity contribution in [1.82, 2.24) is 9.88 Å². The molecule has 36 heavy (non-hydrogen) atoms. The van der Waals surface area contributed by atoms with Crippen molar-refractivity contribution in [1.29, 1.82) is 0 Å². The average molecular weight is 546 g/mol. The summed E-state index contributed by atoms with van der Waals surface area (Å²) in [6, 6.07) is 20.9. The van der Waals surface area contributed by atoms with E-state index < -0.39 is 0 Å². The number of rotatable bonds is 5. The fourth-order valence-electron chi connectivity index (χ4n) is 5.17. The van der Waals surface area contributed by atoms with Crippen molar-refractivity contribution >= 4 is 38.4 Å². The molecule has 0 spiro atoms. The van der Waals surface area contributed by atoms with Gasteiger partial charge in [0.05, 0.1) is 0 Å². The SMILES string of the molecule is Cc1ccc2[nH]c(-c3ccc(Br)cc3)c(CCC(=O)N3CCN(c4ccc5c(c4)OCO5)CC3)c2c1. The summed E-state index contributed by atoms with van der Waals surface area (Å²) in [5, 5.41) is 1.20. The first-order chi connectivity index (χ1) is 17.5. The van der Waals surface area contributed by atoms with Crippen LogP contribution in [0.25, 0.3) is 22.2 Å². The number of ether oxygens (including phenoxy) is 2. The van der Waals surface area contributed by atoms with Crippen LogP contribution in [0.5, 0.6) is 11.5 Å². The van der Waals surface area contributed by atoms with Gasteiger partial charge in [0, 0.05) is 65.4 Å². The Hall–Kier alpha value is -3.45. The predicted octanol–water partition coefficient (Wildman–Crippen LogP) is 5.92. The first kappa shape index (κ1) is 23.0. The second kappa shape index (κ2) is 9.54. The quantitative estimate of drug-likeness (QED) is 0.338. The summed E-state index contributed by atoms with van der Waals surface area (Å²) in [5.74, 6) is 1.80. The van der Waals surface area contributed by atoms with Gasteiger partial charge >= 0.3 is 0 Å². The summed E-state index contributed by atoms with van der Waals surface area (Å²) >= 11 is 3.53. The van der Waals surface area contributed by atoms with Gasteiger partial charge in [0.2, 0.25) is 12.7 Å². The Morgan fingerprint density at radius 3 is 2.53 bits per heavy atom. The minimum absolute atomic E-state index is 0.212. The highest BCUT2D eigenvalue weighted by molar-refractivity contribution is 9.10. The number of nitrogens with one attached hydrogen (secondary N) is 1. The molecule has 1 fully saturated rings. The maximum absolute atomic E-state index is 13.2. The van der Waals surface area contributed by atoms with Crippen LogP contribution in [-0.2, 0) is 11.2 Å². The molecule has 3 heterocycles. The molecule has 2 aliphatic heterocycles. The molecule has 184 valence electrons. The summed E-state index contributed by atoms with van der Waals surface area (Å²) in [5.41, 5.74) is 6.88. The predicted molar refractivity (Wildman–Crippen MR) is 146 cm³/mol. The number of halogens is 1. The average Bonchev–Trinajstić information content (AvgIpc) is 3.51. The molecule has 1 aromatic heterocycles. The smallest absolute Gasteiger partial charge is 0.231 e. The largest absolute Gasteiger partial charge is 0.454 e. The first-order valence-electron chi connectivity index (χ1n) is 12.3. The number of aromatic amines is 1. The van der Waals surface area contributed by atoms with Gasteiger partial charge in [-0.25, -0.2) is 0 Å². The Balaban J connectivity index is 1.15. The number of benzene rings is 3. The summed E-state index contributed by atoms with van der Waals surface area (Å²) in [6.45, 7) is 5.45. The third kappa shape index (κ3) is 4.44. The van der Waals surface area contributed by atoms with E-state index in [4.69, 9.17) is 9.47 Å². The highest BCUT2D eigenvalue weighted by atomic mass is 79.9. The molecular formula is C29H28BrN3O3. The van der Waals surface area contributed by atoms with E-state index in [9.17, 15) is 4.79 Å². The van der Waals surface area contributed by atoms with Gasteiger partial charge in [0.15, 0.2) is 11.5 Å². The van der Waals surface area contributed by atoms with Crippen LogP contribution >= 0.6 is 15.9 Å². The van der Waals surface area contributed by atoms with E-state index in [1.165, 1.54) is 16.5 Å². The van der Waals surface area contributed by atoms with E-state index in [1.54, 1.807) is 0 Å². The number of nitrogens with zero attached hydrogens (tertiary/aromatic N) is 2. The molecule has 0 bridgehead atoms. The number of hydrogen-bond acceptors (Lipinski definition) is 4. The number of H-pyrrole nitrogens is 1. The lowest BCUT2D eigenvalue weighted by atomic mass is 10.00. The summed E-state index contributed by atoms with van der Waals surface area (Å²) in [4.78, 5) is 21.2. The molecule has 0 atom stereocenters. The van der Waals surface area contributed by atoms with Crippen molar-refractivity contribution < 1.29 is 14.3 Å². The van der Waals surface area contributed by atoms with Gasteiger partial charge in [-0.2, -0.15) is 0 Å². The summed E-state index contributed by atoms with van der Waals surface area (Å²) in [6.07, 6.45) is 1.20. The zero-order valence-electron chi connectivity index (χ0n) is 20.2. The number of aromatic nitrogens is 1. The Morgan fingerprint density at radius 2 is 1.72 bits per heavy atom. The van der Waals surface area contributed by atoms with E-state index in [1.807, 2.05) is 17.0 Å². The van der Waals surface area contributed by atoms with E-state index in [0.717, 1.165) is 64.6 Å². The molecule has 0 unspecified atom stereocenters. The Morgan fingerprint density at radius 1 is 0.944 bits per heavy atom. The number of anilines is 1. The highest BCUT2D eigenvalue weighted by Gasteiger charge is 2.24. The molecule has 1 amide bonds. The zero-order valence-corrected chi connectivity index (χ0v) is 21.8. The number of amides is 1. The van der Waals surface area contributed by atoms with Crippen molar-refractivity contribution in [3.05, 3.63) is 76.3 Å². The Kier molecular flexibility index (Phi) is 6.09. The van der Waals surface area contributed by atoms with Gasteiger partial charge in [-0.15, -0.1) is 0 Å². The molecule has 0 radical (unpaired) electrons. The molecule has 7 heteroatoms. The number of carbonyl (C=O) groups is 1. The van der Waals surface area contributed by atoms with Gasteiger partial charge in [-0.1, -0.05) is 39.7 Å². The molecule has 6 rings (SSSR count). The van der Waals surface area contributed by atoms with Crippen molar-refractivity contribution in [2.75, 3.05) is 37.9 Å². The van der Waals surface area contributed by atoms with Crippen LogP contribution in [-0.4, -0.2) is 48.8 Å². The van der Waals surface area contributed by atoms with Gasteiger partial charge < -0.3 is 24.3 Å². The number of hydrogen-bond donors (Lipinski definition) is 1. The maximum Gasteiger partial charge on any atom is 0.231 e. The number of piperazine rings is 1. The molecule has 1 N–H and O–H groups in total. The van der Waals surface area contributed by atoms with Gasteiger partial charge in [-0.05, 0) is 60.9 Å². The van der Waals surface area contributed by atoms with Crippen LogP contribution in [0.15, 0.2) is 65.1 Å². The monoisotopic (exact) mass is 545 g/mol.